The van der Waals surface area contributed by atoms with E-state index in [9.17, 15) is 4.79 Å². The van der Waals surface area contributed by atoms with Crippen molar-refractivity contribution in [1.82, 2.24) is 19.9 Å². The van der Waals surface area contributed by atoms with Crippen LogP contribution in [-0.2, 0) is 16.1 Å². The van der Waals surface area contributed by atoms with Gasteiger partial charge in [0.2, 0.25) is 5.91 Å². The zero-order valence-corrected chi connectivity index (χ0v) is 11.5. The van der Waals surface area contributed by atoms with Crippen molar-refractivity contribution in [2.75, 3.05) is 26.8 Å². The molecule has 3 rings (SSSR count). The quantitative estimate of drug-likeness (QED) is 0.832. The normalized spacial score (nSPS) is 18.9. The lowest BCUT2D eigenvalue weighted by molar-refractivity contribution is -0.131. The van der Waals surface area contributed by atoms with Crippen LogP contribution in [-0.4, -0.2) is 52.6 Å². The van der Waals surface area contributed by atoms with Gasteiger partial charge in [0.05, 0.1) is 6.61 Å². The molecule has 1 aliphatic heterocycles. The Labute approximate surface area is 117 Å². The van der Waals surface area contributed by atoms with Crippen LogP contribution in [0.1, 0.15) is 6.42 Å². The van der Waals surface area contributed by atoms with E-state index < -0.39 is 0 Å². The molecule has 0 N–H and O–H groups in total. The van der Waals surface area contributed by atoms with Crippen LogP contribution < -0.4 is 0 Å². The molecule has 0 aliphatic carbocycles. The molecule has 1 aromatic heterocycles. The van der Waals surface area contributed by atoms with Gasteiger partial charge in [-0.15, -0.1) is 0 Å². The first-order valence-corrected chi connectivity index (χ1v) is 6.83. The van der Waals surface area contributed by atoms with E-state index in [1.165, 1.54) is 4.80 Å². The maximum absolute atomic E-state index is 12.2. The molecule has 1 saturated heterocycles. The third kappa shape index (κ3) is 2.65. The zero-order valence-electron chi connectivity index (χ0n) is 11.5. The SMILES string of the molecule is COC[C@H]1CCN(C(=O)Cn2nc3ccccc3n2)C1. The number of aromatic nitrogens is 3. The molecule has 20 heavy (non-hydrogen) atoms. The molecule has 0 radical (unpaired) electrons. The Hall–Kier alpha value is -1.95. The largest absolute Gasteiger partial charge is 0.384 e. The molecule has 1 amide bonds. The highest BCUT2D eigenvalue weighted by Gasteiger charge is 2.26. The predicted molar refractivity (Wildman–Crippen MR) is 74.1 cm³/mol. The van der Waals surface area contributed by atoms with E-state index in [4.69, 9.17) is 4.74 Å². The maximum Gasteiger partial charge on any atom is 0.246 e. The standard InChI is InChI=1S/C14H18N4O2/c1-20-10-11-6-7-17(8-11)14(19)9-18-15-12-4-2-3-5-13(12)16-18/h2-5,11H,6-10H2,1H3/t11-/m0/s1. The summed E-state index contributed by atoms with van der Waals surface area (Å²) in [6.07, 6.45) is 1.01. The minimum atomic E-state index is 0.0731. The van der Waals surface area contributed by atoms with Crippen LogP contribution >= 0.6 is 0 Å². The van der Waals surface area contributed by atoms with Crippen molar-refractivity contribution >= 4 is 16.9 Å². The van der Waals surface area contributed by atoms with Crippen molar-refractivity contribution in [2.45, 2.75) is 13.0 Å². The fourth-order valence-corrected chi connectivity index (χ4v) is 2.63. The second-order valence-electron chi connectivity index (χ2n) is 5.17. The molecule has 2 aromatic rings. The van der Waals surface area contributed by atoms with Gasteiger partial charge in [0.15, 0.2) is 0 Å². The third-order valence-electron chi connectivity index (χ3n) is 3.65. The van der Waals surface area contributed by atoms with Gasteiger partial charge in [0.1, 0.15) is 17.6 Å². The summed E-state index contributed by atoms with van der Waals surface area (Å²) in [7, 11) is 1.70. The Kier molecular flexibility index (Phi) is 3.64. The molecular formula is C14H18N4O2. The van der Waals surface area contributed by atoms with Gasteiger partial charge in [-0.3, -0.25) is 4.79 Å². The number of likely N-dealkylation sites (tertiary alicyclic amines) is 1. The van der Waals surface area contributed by atoms with Crippen LogP contribution in [0.3, 0.4) is 0 Å². The van der Waals surface area contributed by atoms with E-state index in [-0.39, 0.29) is 12.5 Å². The Morgan fingerprint density at radius 2 is 2.05 bits per heavy atom. The maximum atomic E-state index is 12.2. The summed E-state index contributed by atoms with van der Waals surface area (Å²) in [6.45, 7) is 2.49. The number of benzene rings is 1. The van der Waals surface area contributed by atoms with E-state index in [0.717, 1.165) is 30.5 Å². The molecule has 6 nitrogen and oxygen atoms in total. The first-order valence-electron chi connectivity index (χ1n) is 6.83. The molecule has 2 heterocycles. The number of amides is 1. The molecule has 6 heteroatoms. The first kappa shape index (κ1) is 13.1. The summed E-state index contributed by atoms with van der Waals surface area (Å²) in [6, 6.07) is 7.62. The number of methoxy groups -OCH3 is 1. The van der Waals surface area contributed by atoms with Gasteiger partial charge >= 0.3 is 0 Å². The Balaban J connectivity index is 1.64. The summed E-state index contributed by atoms with van der Waals surface area (Å²) < 4.78 is 5.14. The topological polar surface area (TPSA) is 60.2 Å². The average molecular weight is 274 g/mol. The Morgan fingerprint density at radius 1 is 1.35 bits per heavy atom. The molecule has 0 saturated carbocycles. The fraction of sp³-hybridized carbons (Fsp3) is 0.500. The number of hydrogen-bond donors (Lipinski definition) is 0. The van der Waals surface area contributed by atoms with E-state index >= 15 is 0 Å². The number of hydrogen-bond acceptors (Lipinski definition) is 4. The summed E-state index contributed by atoms with van der Waals surface area (Å²) in [5, 5.41) is 8.63. The zero-order chi connectivity index (χ0) is 13.9. The van der Waals surface area contributed by atoms with Crippen molar-refractivity contribution in [3.8, 4) is 0 Å². The van der Waals surface area contributed by atoms with Crippen LogP contribution in [0, 0.1) is 5.92 Å². The number of carbonyl (C=O) groups excluding carboxylic acids is 1. The van der Waals surface area contributed by atoms with Gasteiger partial charge in [0, 0.05) is 26.1 Å². The van der Waals surface area contributed by atoms with Gasteiger partial charge in [-0.2, -0.15) is 15.0 Å². The fourth-order valence-electron chi connectivity index (χ4n) is 2.63. The second kappa shape index (κ2) is 5.58. The highest BCUT2D eigenvalue weighted by Crippen LogP contribution is 2.16. The van der Waals surface area contributed by atoms with E-state index in [0.29, 0.717) is 12.5 Å². The minimum absolute atomic E-state index is 0.0731. The van der Waals surface area contributed by atoms with Crippen molar-refractivity contribution in [3.63, 3.8) is 0 Å². The molecule has 0 spiro atoms. The van der Waals surface area contributed by atoms with Gasteiger partial charge in [0.25, 0.3) is 0 Å². The number of rotatable bonds is 4. The van der Waals surface area contributed by atoms with Crippen molar-refractivity contribution in [3.05, 3.63) is 24.3 Å². The minimum Gasteiger partial charge on any atom is -0.384 e. The lowest BCUT2D eigenvalue weighted by Gasteiger charge is -2.15. The summed E-state index contributed by atoms with van der Waals surface area (Å²) >= 11 is 0. The lowest BCUT2D eigenvalue weighted by Crippen LogP contribution is -2.32. The van der Waals surface area contributed by atoms with Crippen molar-refractivity contribution < 1.29 is 9.53 Å². The van der Waals surface area contributed by atoms with Gasteiger partial charge in [-0.05, 0) is 18.6 Å². The molecule has 1 fully saturated rings. The molecule has 0 bridgehead atoms. The van der Waals surface area contributed by atoms with Crippen molar-refractivity contribution in [2.24, 2.45) is 5.92 Å². The molecular weight excluding hydrogens is 256 g/mol. The summed E-state index contributed by atoms with van der Waals surface area (Å²) in [4.78, 5) is 15.6. The summed E-state index contributed by atoms with van der Waals surface area (Å²) in [5.74, 6) is 0.525. The Bertz CT molecular complexity index is 577. The van der Waals surface area contributed by atoms with Crippen LogP contribution in [0.4, 0.5) is 0 Å². The lowest BCUT2D eigenvalue weighted by atomic mass is 10.1. The first-order chi connectivity index (χ1) is 9.76. The molecule has 1 aliphatic rings. The van der Waals surface area contributed by atoms with Gasteiger partial charge < -0.3 is 9.64 Å². The molecule has 1 atom stereocenters. The number of carbonyl (C=O) groups is 1. The van der Waals surface area contributed by atoms with E-state index in [1.54, 1.807) is 7.11 Å². The van der Waals surface area contributed by atoms with Crippen LogP contribution in [0.2, 0.25) is 0 Å². The average Bonchev–Trinajstić information content (AvgIpc) is 3.04. The number of fused-ring (bicyclic) bond motifs is 1. The van der Waals surface area contributed by atoms with E-state index in [1.807, 2.05) is 29.2 Å². The number of ether oxygens (including phenoxy) is 1. The van der Waals surface area contributed by atoms with Crippen molar-refractivity contribution in [1.29, 1.82) is 0 Å². The monoisotopic (exact) mass is 274 g/mol. The predicted octanol–water partition coefficient (Wildman–Crippen LogP) is 0.926. The smallest absolute Gasteiger partial charge is 0.246 e. The molecule has 1 aromatic carbocycles. The van der Waals surface area contributed by atoms with Gasteiger partial charge in [-0.25, -0.2) is 0 Å². The number of nitrogens with zero attached hydrogens (tertiary/aromatic N) is 4. The molecule has 0 unspecified atom stereocenters. The second-order valence-corrected chi connectivity index (χ2v) is 5.17. The third-order valence-corrected chi connectivity index (χ3v) is 3.65. The Morgan fingerprint density at radius 3 is 2.70 bits per heavy atom. The highest BCUT2D eigenvalue weighted by atomic mass is 16.5. The summed E-state index contributed by atoms with van der Waals surface area (Å²) in [5.41, 5.74) is 1.64. The van der Waals surface area contributed by atoms with E-state index in [2.05, 4.69) is 10.2 Å². The van der Waals surface area contributed by atoms with Gasteiger partial charge in [-0.1, -0.05) is 12.1 Å². The van der Waals surface area contributed by atoms with Crippen LogP contribution in [0.15, 0.2) is 24.3 Å². The van der Waals surface area contributed by atoms with Crippen LogP contribution in [0.25, 0.3) is 11.0 Å². The highest BCUT2D eigenvalue weighted by molar-refractivity contribution is 5.77. The molecule has 106 valence electrons. The van der Waals surface area contributed by atoms with Crippen LogP contribution in [0.5, 0.6) is 0 Å².